The number of anilines is 1. The van der Waals surface area contributed by atoms with Crippen molar-refractivity contribution in [3.05, 3.63) is 42.0 Å². The van der Waals surface area contributed by atoms with Crippen LogP contribution in [0.3, 0.4) is 0 Å². The molecule has 8 nitrogen and oxygen atoms in total. The maximum Gasteiger partial charge on any atom is 0.338 e. The lowest BCUT2D eigenvalue weighted by atomic mass is 10.2. The van der Waals surface area contributed by atoms with Crippen molar-refractivity contribution in [2.24, 2.45) is 0 Å². The Bertz CT molecular complexity index is 644. The number of nitrogens with one attached hydrogen (secondary N) is 2. The molecule has 0 bridgehead atoms. The second-order valence-electron chi connectivity index (χ2n) is 4.05. The number of amides is 2. The van der Waals surface area contributed by atoms with E-state index in [0.29, 0.717) is 13.1 Å². The van der Waals surface area contributed by atoms with Crippen molar-refractivity contribution in [3.63, 3.8) is 0 Å². The number of hydrogen-bond acceptors (Lipinski definition) is 4. The van der Waals surface area contributed by atoms with Crippen LogP contribution in [-0.4, -0.2) is 38.6 Å². The first kappa shape index (κ1) is 14.4. The lowest BCUT2D eigenvalue weighted by Gasteiger charge is -2.08. The Morgan fingerprint density at radius 1 is 1.38 bits per heavy atom. The van der Waals surface area contributed by atoms with E-state index in [1.54, 1.807) is 10.9 Å². The Kier molecular flexibility index (Phi) is 4.44. The van der Waals surface area contributed by atoms with Gasteiger partial charge >= 0.3 is 12.0 Å². The predicted molar refractivity (Wildman–Crippen MR) is 70.4 cm³/mol. The largest absolute Gasteiger partial charge is 0.478 e. The minimum atomic E-state index is -1.36. The summed E-state index contributed by atoms with van der Waals surface area (Å²) in [6, 6.07) is 2.81. The lowest BCUT2D eigenvalue weighted by molar-refractivity contribution is 0.0692. The zero-order chi connectivity index (χ0) is 15.2. The van der Waals surface area contributed by atoms with E-state index in [1.807, 2.05) is 0 Å². The van der Waals surface area contributed by atoms with E-state index in [-0.39, 0.29) is 5.69 Å². The Morgan fingerprint density at radius 3 is 2.81 bits per heavy atom. The van der Waals surface area contributed by atoms with Crippen LogP contribution in [0.5, 0.6) is 0 Å². The number of aromatic carboxylic acids is 1. The molecule has 1 aromatic carbocycles. The molecule has 1 heterocycles. The van der Waals surface area contributed by atoms with E-state index >= 15 is 0 Å². The van der Waals surface area contributed by atoms with Crippen LogP contribution in [0, 0.1) is 5.82 Å². The second kappa shape index (κ2) is 6.46. The van der Waals surface area contributed by atoms with Gasteiger partial charge in [0.15, 0.2) is 0 Å². The molecule has 21 heavy (non-hydrogen) atoms. The quantitative estimate of drug-likeness (QED) is 0.760. The number of halogens is 1. The van der Waals surface area contributed by atoms with Crippen LogP contribution >= 0.6 is 0 Å². The molecule has 0 radical (unpaired) electrons. The molecule has 1 aromatic heterocycles. The smallest absolute Gasteiger partial charge is 0.338 e. The van der Waals surface area contributed by atoms with Crippen LogP contribution in [0.2, 0.25) is 0 Å². The highest BCUT2D eigenvalue weighted by molar-refractivity contribution is 5.91. The van der Waals surface area contributed by atoms with Gasteiger partial charge in [0.2, 0.25) is 0 Å². The van der Waals surface area contributed by atoms with E-state index in [4.69, 9.17) is 5.11 Å². The molecule has 0 aliphatic carbocycles. The first-order chi connectivity index (χ1) is 10.1. The molecule has 0 atom stereocenters. The van der Waals surface area contributed by atoms with Crippen LogP contribution < -0.4 is 10.6 Å². The fourth-order valence-electron chi connectivity index (χ4n) is 1.58. The third-order valence-electron chi connectivity index (χ3n) is 2.56. The van der Waals surface area contributed by atoms with Gasteiger partial charge in [-0.05, 0) is 18.2 Å². The molecular weight excluding hydrogens is 281 g/mol. The summed E-state index contributed by atoms with van der Waals surface area (Å²) in [4.78, 5) is 22.2. The van der Waals surface area contributed by atoms with Gasteiger partial charge in [0.05, 0.1) is 18.3 Å². The van der Waals surface area contributed by atoms with Crippen molar-refractivity contribution in [1.29, 1.82) is 0 Å². The summed E-state index contributed by atoms with van der Waals surface area (Å²) in [5, 5.41) is 21.0. The zero-order valence-corrected chi connectivity index (χ0v) is 10.8. The molecule has 9 heteroatoms. The lowest BCUT2D eigenvalue weighted by Crippen LogP contribution is -2.31. The normalized spacial score (nSPS) is 10.1. The highest BCUT2D eigenvalue weighted by atomic mass is 19.1. The van der Waals surface area contributed by atoms with E-state index in [1.165, 1.54) is 12.3 Å². The summed E-state index contributed by atoms with van der Waals surface area (Å²) >= 11 is 0. The van der Waals surface area contributed by atoms with E-state index in [0.717, 1.165) is 12.1 Å². The molecule has 0 fully saturated rings. The standard InChI is InChI=1S/C12H12FN5O3/c13-10-7-8(1-2-9(10)11(19)20)16-12(21)14-3-5-18-6-4-15-17-18/h1-2,4,6-7H,3,5H2,(H,19,20)(H2,14,16,21). The number of benzene rings is 1. The SMILES string of the molecule is O=C(NCCn1ccnn1)Nc1ccc(C(=O)O)c(F)c1. The van der Waals surface area contributed by atoms with Gasteiger partial charge in [0, 0.05) is 18.4 Å². The van der Waals surface area contributed by atoms with Crippen molar-refractivity contribution in [1.82, 2.24) is 20.3 Å². The molecule has 2 amide bonds. The minimum Gasteiger partial charge on any atom is -0.478 e. The van der Waals surface area contributed by atoms with Gasteiger partial charge in [0.1, 0.15) is 5.82 Å². The number of carbonyl (C=O) groups is 2. The predicted octanol–water partition coefficient (Wildman–Crippen LogP) is 0.937. The molecule has 0 saturated heterocycles. The Hall–Kier alpha value is -2.97. The van der Waals surface area contributed by atoms with Crippen LogP contribution in [0.25, 0.3) is 0 Å². The maximum atomic E-state index is 13.4. The van der Waals surface area contributed by atoms with E-state index < -0.39 is 23.4 Å². The summed E-state index contributed by atoms with van der Waals surface area (Å²) in [7, 11) is 0. The summed E-state index contributed by atoms with van der Waals surface area (Å²) in [6.45, 7) is 0.755. The fraction of sp³-hybridized carbons (Fsp3) is 0.167. The molecule has 110 valence electrons. The molecule has 0 aliphatic rings. The van der Waals surface area contributed by atoms with E-state index in [2.05, 4.69) is 20.9 Å². The van der Waals surface area contributed by atoms with Crippen molar-refractivity contribution in [2.45, 2.75) is 6.54 Å². The van der Waals surface area contributed by atoms with Crippen molar-refractivity contribution in [3.8, 4) is 0 Å². The van der Waals surface area contributed by atoms with Crippen LogP contribution in [0.15, 0.2) is 30.6 Å². The van der Waals surface area contributed by atoms with Gasteiger partial charge in [-0.15, -0.1) is 5.10 Å². The van der Waals surface area contributed by atoms with Crippen molar-refractivity contribution in [2.75, 3.05) is 11.9 Å². The highest BCUT2D eigenvalue weighted by Crippen LogP contribution is 2.14. The number of carbonyl (C=O) groups excluding carboxylic acids is 1. The minimum absolute atomic E-state index is 0.163. The average Bonchev–Trinajstić information content (AvgIpc) is 2.91. The van der Waals surface area contributed by atoms with Crippen molar-refractivity contribution >= 4 is 17.7 Å². The first-order valence-electron chi connectivity index (χ1n) is 5.98. The van der Waals surface area contributed by atoms with Gasteiger partial charge in [0.25, 0.3) is 0 Å². The second-order valence-corrected chi connectivity index (χ2v) is 4.05. The number of urea groups is 1. The molecule has 2 aromatic rings. The average molecular weight is 293 g/mol. The highest BCUT2D eigenvalue weighted by Gasteiger charge is 2.11. The van der Waals surface area contributed by atoms with Gasteiger partial charge < -0.3 is 15.7 Å². The van der Waals surface area contributed by atoms with Crippen molar-refractivity contribution < 1.29 is 19.1 Å². The Labute approximate surface area is 118 Å². The Morgan fingerprint density at radius 2 is 2.19 bits per heavy atom. The number of hydrogen-bond donors (Lipinski definition) is 3. The number of nitrogens with zero attached hydrogens (tertiary/aromatic N) is 3. The molecule has 0 saturated carbocycles. The van der Waals surface area contributed by atoms with Gasteiger partial charge in [-0.1, -0.05) is 5.21 Å². The van der Waals surface area contributed by atoms with Crippen LogP contribution in [-0.2, 0) is 6.54 Å². The zero-order valence-electron chi connectivity index (χ0n) is 10.8. The molecule has 0 aliphatic heterocycles. The van der Waals surface area contributed by atoms with Gasteiger partial charge in [-0.3, -0.25) is 4.68 Å². The number of carboxylic acid groups (broad SMARTS) is 1. The summed E-state index contributed by atoms with van der Waals surface area (Å²) in [5.41, 5.74) is -0.289. The maximum absolute atomic E-state index is 13.4. The van der Waals surface area contributed by atoms with Gasteiger partial charge in [-0.2, -0.15) is 0 Å². The van der Waals surface area contributed by atoms with E-state index in [9.17, 15) is 14.0 Å². The summed E-state index contributed by atoms with van der Waals surface area (Å²) < 4.78 is 15.0. The van der Waals surface area contributed by atoms with Gasteiger partial charge in [-0.25, -0.2) is 14.0 Å². The topological polar surface area (TPSA) is 109 Å². The summed E-state index contributed by atoms with van der Waals surface area (Å²) in [6.07, 6.45) is 3.17. The summed E-state index contributed by atoms with van der Waals surface area (Å²) in [5.74, 6) is -2.28. The fourth-order valence-corrected chi connectivity index (χ4v) is 1.58. The monoisotopic (exact) mass is 293 g/mol. The number of aromatic nitrogens is 3. The molecule has 0 unspecified atom stereocenters. The third-order valence-corrected chi connectivity index (χ3v) is 2.56. The van der Waals surface area contributed by atoms with Crippen LogP contribution in [0.4, 0.5) is 14.9 Å². The van der Waals surface area contributed by atoms with Crippen LogP contribution in [0.1, 0.15) is 10.4 Å². The third kappa shape index (κ3) is 4.00. The molecule has 3 N–H and O–H groups in total. The molecular formula is C12H12FN5O3. The number of carboxylic acids is 1. The molecule has 0 spiro atoms. The first-order valence-corrected chi connectivity index (χ1v) is 5.98. The number of rotatable bonds is 5. The molecule has 2 rings (SSSR count). The Balaban J connectivity index is 1.85.